The molecule has 2 unspecified atom stereocenters. The van der Waals surface area contributed by atoms with E-state index in [9.17, 15) is 5.11 Å². The van der Waals surface area contributed by atoms with Crippen LogP contribution in [0.3, 0.4) is 0 Å². The standard InChI is InChI=1S/C24H32N2O2.C2H2O4/c27-22(19-28-24-12-6-10-21-9-4-5-11-23(21)24)18-26-15-13-25(14-16-26)17-20-7-2-1-3-8-20;3-1(4)2(5)6/h1-5,7-9,11,22,24,27H,6,10,12-19H2;(H,3,4)(H,5,6). The number of aliphatic hydroxyl groups is 1. The number of ether oxygens (including phenoxy) is 1. The molecule has 2 aromatic rings. The highest BCUT2D eigenvalue weighted by molar-refractivity contribution is 6.27. The van der Waals surface area contributed by atoms with Gasteiger partial charge >= 0.3 is 11.9 Å². The van der Waals surface area contributed by atoms with Gasteiger partial charge in [-0.25, -0.2) is 9.59 Å². The Morgan fingerprint density at radius 1 is 0.912 bits per heavy atom. The molecule has 184 valence electrons. The number of carbonyl (C=O) groups is 2. The van der Waals surface area contributed by atoms with Gasteiger partial charge in [0.25, 0.3) is 0 Å². The van der Waals surface area contributed by atoms with E-state index in [-0.39, 0.29) is 6.10 Å². The molecule has 34 heavy (non-hydrogen) atoms. The van der Waals surface area contributed by atoms with Gasteiger partial charge in [0, 0.05) is 39.3 Å². The first-order valence-electron chi connectivity index (χ1n) is 11.7. The second-order valence-corrected chi connectivity index (χ2v) is 8.74. The van der Waals surface area contributed by atoms with Gasteiger partial charge < -0.3 is 20.1 Å². The van der Waals surface area contributed by atoms with Crippen molar-refractivity contribution >= 4 is 11.9 Å². The van der Waals surface area contributed by atoms with E-state index in [2.05, 4.69) is 64.4 Å². The van der Waals surface area contributed by atoms with Gasteiger partial charge in [-0.05, 0) is 36.0 Å². The van der Waals surface area contributed by atoms with Crippen molar-refractivity contribution in [3.05, 3.63) is 71.3 Å². The molecular formula is C26H34N2O6. The van der Waals surface area contributed by atoms with Gasteiger partial charge in [-0.3, -0.25) is 9.80 Å². The van der Waals surface area contributed by atoms with Crippen molar-refractivity contribution in [2.45, 2.75) is 38.0 Å². The number of aliphatic carboxylic acids is 2. The van der Waals surface area contributed by atoms with Gasteiger partial charge in [-0.2, -0.15) is 0 Å². The number of fused-ring (bicyclic) bond motifs is 1. The lowest BCUT2D eigenvalue weighted by Gasteiger charge is -2.36. The normalized spacial score (nSPS) is 19.4. The summed E-state index contributed by atoms with van der Waals surface area (Å²) >= 11 is 0. The molecule has 1 heterocycles. The number of aryl methyl sites for hydroxylation is 1. The van der Waals surface area contributed by atoms with Crippen molar-refractivity contribution in [1.82, 2.24) is 9.80 Å². The van der Waals surface area contributed by atoms with Crippen LogP contribution in [0.2, 0.25) is 0 Å². The molecule has 8 heteroatoms. The molecule has 0 bridgehead atoms. The summed E-state index contributed by atoms with van der Waals surface area (Å²) in [5, 5.41) is 25.3. The summed E-state index contributed by atoms with van der Waals surface area (Å²) in [6, 6.07) is 19.2. The summed E-state index contributed by atoms with van der Waals surface area (Å²) in [6.07, 6.45) is 3.09. The molecule has 4 rings (SSSR count). The van der Waals surface area contributed by atoms with Crippen LogP contribution in [0, 0.1) is 0 Å². The topological polar surface area (TPSA) is 111 Å². The second-order valence-electron chi connectivity index (χ2n) is 8.74. The highest BCUT2D eigenvalue weighted by Crippen LogP contribution is 2.32. The average molecular weight is 471 g/mol. The summed E-state index contributed by atoms with van der Waals surface area (Å²) in [5.41, 5.74) is 4.09. The zero-order chi connectivity index (χ0) is 24.3. The van der Waals surface area contributed by atoms with Crippen LogP contribution in [0.25, 0.3) is 0 Å². The number of hydrogen-bond donors (Lipinski definition) is 3. The first-order valence-corrected chi connectivity index (χ1v) is 11.7. The third-order valence-corrected chi connectivity index (χ3v) is 6.17. The Morgan fingerprint density at radius 2 is 1.53 bits per heavy atom. The van der Waals surface area contributed by atoms with Crippen LogP contribution in [0.15, 0.2) is 54.6 Å². The number of piperazine rings is 1. The molecular weight excluding hydrogens is 436 g/mol. The van der Waals surface area contributed by atoms with Gasteiger partial charge in [-0.15, -0.1) is 0 Å². The summed E-state index contributed by atoms with van der Waals surface area (Å²) in [4.78, 5) is 23.1. The third kappa shape index (κ3) is 8.22. The van der Waals surface area contributed by atoms with Crippen LogP contribution < -0.4 is 0 Å². The largest absolute Gasteiger partial charge is 0.473 e. The lowest BCUT2D eigenvalue weighted by Crippen LogP contribution is -2.48. The predicted octanol–water partition coefficient (Wildman–Crippen LogP) is 2.41. The lowest BCUT2D eigenvalue weighted by molar-refractivity contribution is -0.159. The smallest absolute Gasteiger partial charge is 0.414 e. The van der Waals surface area contributed by atoms with E-state index >= 15 is 0 Å². The minimum Gasteiger partial charge on any atom is -0.473 e. The summed E-state index contributed by atoms with van der Waals surface area (Å²) < 4.78 is 6.13. The number of rotatable bonds is 7. The first-order chi connectivity index (χ1) is 16.4. The Balaban J connectivity index is 0.000000481. The molecule has 8 nitrogen and oxygen atoms in total. The number of nitrogens with zero attached hydrogens (tertiary/aromatic N) is 2. The zero-order valence-corrected chi connectivity index (χ0v) is 19.4. The molecule has 1 aliphatic heterocycles. The molecule has 1 saturated heterocycles. The van der Waals surface area contributed by atoms with Crippen LogP contribution in [0.1, 0.15) is 35.6 Å². The molecule has 0 amide bonds. The fraction of sp³-hybridized carbons (Fsp3) is 0.462. The van der Waals surface area contributed by atoms with Crippen LogP contribution in [-0.2, 0) is 27.3 Å². The van der Waals surface area contributed by atoms with Crippen molar-refractivity contribution in [3.8, 4) is 0 Å². The van der Waals surface area contributed by atoms with E-state index in [0.717, 1.165) is 45.6 Å². The molecule has 0 radical (unpaired) electrons. The number of hydrogen-bond acceptors (Lipinski definition) is 6. The number of aliphatic hydroxyl groups excluding tert-OH is 1. The maximum Gasteiger partial charge on any atom is 0.414 e. The molecule has 0 spiro atoms. The van der Waals surface area contributed by atoms with E-state index in [1.54, 1.807) is 0 Å². The third-order valence-electron chi connectivity index (χ3n) is 6.17. The van der Waals surface area contributed by atoms with E-state index in [1.165, 1.54) is 23.1 Å². The number of carboxylic acids is 2. The molecule has 3 N–H and O–H groups in total. The Hall–Kier alpha value is -2.78. The van der Waals surface area contributed by atoms with E-state index in [1.807, 2.05) is 0 Å². The van der Waals surface area contributed by atoms with Crippen molar-refractivity contribution in [1.29, 1.82) is 0 Å². The van der Waals surface area contributed by atoms with Crippen LogP contribution in [-0.4, -0.2) is 82.5 Å². The van der Waals surface area contributed by atoms with Gasteiger partial charge in [0.15, 0.2) is 0 Å². The highest BCUT2D eigenvalue weighted by Gasteiger charge is 2.23. The van der Waals surface area contributed by atoms with E-state index in [4.69, 9.17) is 24.5 Å². The average Bonchev–Trinajstić information content (AvgIpc) is 2.85. The van der Waals surface area contributed by atoms with Crippen LogP contribution >= 0.6 is 0 Å². The minimum atomic E-state index is -1.82. The lowest BCUT2D eigenvalue weighted by atomic mass is 9.89. The number of benzene rings is 2. The number of carboxylic acid groups (broad SMARTS) is 2. The summed E-state index contributed by atoms with van der Waals surface area (Å²) in [5.74, 6) is -3.65. The summed E-state index contributed by atoms with van der Waals surface area (Å²) in [6.45, 7) is 6.27. The SMILES string of the molecule is O=C(O)C(=O)O.OC(COC1CCCc2ccccc21)CN1CCN(Cc2ccccc2)CC1. The fourth-order valence-corrected chi connectivity index (χ4v) is 4.43. The Labute approximate surface area is 200 Å². The fourth-order valence-electron chi connectivity index (χ4n) is 4.43. The Bertz CT molecular complexity index is 903. The molecule has 1 fully saturated rings. The molecule has 0 aromatic heterocycles. The van der Waals surface area contributed by atoms with Crippen molar-refractivity contribution in [2.75, 3.05) is 39.3 Å². The van der Waals surface area contributed by atoms with Gasteiger partial charge in [-0.1, -0.05) is 54.6 Å². The zero-order valence-electron chi connectivity index (χ0n) is 19.4. The van der Waals surface area contributed by atoms with Crippen LogP contribution in [0.4, 0.5) is 0 Å². The Morgan fingerprint density at radius 3 is 2.21 bits per heavy atom. The van der Waals surface area contributed by atoms with Gasteiger partial charge in [0.1, 0.15) is 0 Å². The highest BCUT2D eigenvalue weighted by atomic mass is 16.5. The van der Waals surface area contributed by atoms with Crippen molar-refractivity contribution < 1.29 is 29.6 Å². The molecule has 2 aliphatic rings. The monoisotopic (exact) mass is 470 g/mol. The predicted molar refractivity (Wildman–Crippen MR) is 128 cm³/mol. The van der Waals surface area contributed by atoms with Gasteiger partial charge in [0.2, 0.25) is 0 Å². The molecule has 2 atom stereocenters. The molecule has 2 aromatic carbocycles. The first kappa shape index (κ1) is 25.8. The maximum atomic E-state index is 10.5. The van der Waals surface area contributed by atoms with E-state index < -0.39 is 18.0 Å². The van der Waals surface area contributed by atoms with Crippen molar-refractivity contribution in [3.63, 3.8) is 0 Å². The Kier molecular flexibility index (Phi) is 10.0. The summed E-state index contributed by atoms with van der Waals surface area (Å²) in [7, 11) is 0. The van der Waals surface area contributed by atoms with Crippen molar-refractivity contribution in [2.24, 2.45) is 0 Å². The minimum absolute atomic E-state index is 0.141. The molecule has 0 saturated carbocycles. The molecule has 1 aliphatic carbocycles. The van der Waals surface area contributed by atoms with Crippen LogP contribution in [0.5, 0.6) is 0 Å². The maximum absolute atomic E-state index is 10.5. The van der Waals surface area contributed by atoms with Gasteiger partial charge in [0.05, 0.1) is 18.8 Å². The van der Waals surface area contributed by atoms with E-state index in [0.29, 0.717) is 13.2 Å². The quantitative estimate of drug-likeness (QED) is 0.529. The number of β-amino-alcohol motifs (C(OH)–C–C–N with tert-alkyl or cyclic N) is 1. The second kappa shape index (κ2) is 13.2.